The normalized spacial score (nSPS) is 10.6. The molecule has 13 heavy (non-hydrogen) atoms. The molecule has 0 saturated heterocycles. The van der Waals surface area contributed by atoms with E-state index >= 15 is 0 Å². The third-order valence-electron chi connectivity index (χ3n) is 1.68. The number of benzene rings is 1. The van der Waals surface area contributed by atoms with E-state index in [0.29, 0.717) is 14.6 Å². The first-order valence-corrected chi connectivity index (χ1v) is 5.23. The molecular formula is C9H5ClOS2. The molecule has 2 rings (SSSR count). The van der Waals surface area contributed by atoms with Crippen LogP contribution in [-0.2, 0) is 0 Å². The smallest absolute Gasteiger partial charge is 0.189 e. The molecule has 0 unspecified atom stereocenters. The van der Waals surface area contributed by atoms with Crippen molar-refractivity contribution in [2.24, 2.45) is 0 Å². The topological polar surface area (TPSA) is 17.1 Å². The van der Waals surface area contributed by atoms with Crippen molar-refractivity contribution in [3.8, 4) is 0 Å². The largest absolute Gasteiger partial charge is 0.289 e. The van der Waals surface area contributed by atoms with Gasteiger partial charge in [0.25, 0.3) is 0 Å². The third-order valence-corrected chi connectivity index (χ3v) is 3.20. The average molecular weight is 229 g/mol. The molecular weight excluding hydrogens is 224 g/mol. The fraction of sp³-hybridized carbons (Fsp3) is 0. The molecule has 0 aliphatic rings. The summed E-state index contributed by atoms with van der Waals surface area (Å²) in [5, 5.41) is 1.34. The minimum absolute atomic E-state index is 0.00424. The van der Waals surface area contributed by atoms with Crippen molar-refractivity contribution in [2.75, 3.05) is 0 Å². The molecule has 4 heteroatoms. The van der Waals surface area contributed by atoms with E-state index in [0.717, 1.165) is 4.70 Å². The van der Waals surface area contributed by atoms with Crippen LogP contribution in [0.25, 0.3) is 10.1 Å². The Morgan fingerprint density at radius 1 is 1.31 bits per heavy atom. The molecule has 0 N–H and O–H groups in total. The van der Waals surface area contributed by atoms with Gasteiger partial charge in [0.15, 0.2) is 5.43 Å². The molecule has 1 nitrogen and oxygen atoms in total. The Morgan fingerprint density at radius 2 is 2.08 bits per heavy atom. The van der Waals surface area contributed by atoms with Crippen LogP contribution < -0.4 is 5.43 Å². The Balaban J connectivity index is 2.95. The van der Waals surface area contributed by atoms with Crippen LogP contribution >= 0.6 is 35.6 Å². The summed E-state index contributed by atoms with van der Waals surface area (Å²) < 4.78 is 1.59. The summed E-state index contributed by atoms with van der Waals surface area (Å²) in [6, 6.07) is 6.76. The lowest BCUT2D eigenvalue weighted by atomic mass is 10.2. The Morgan fingerprint density at radius 3 is 2.85 bits per heavy atom. The van der Waals surface area contributed by atoms with E-state index in [-0.39, 0.29) is 5.43 Å². The molecule has 0 radical (unpaired) electrons. The Kier molecular flexibility index (Phi) is 2.32. The first-order chi connectivity index (χ1) is 6.16. The number of thiol groups is 1. The highest BCUT2D eigenvalue weighted by Crippen LogP contribution is 2.24. The van der Waals surface area contributed by atoms with Gasteiger partial charge in [0.05, 0.1) is 4.21 Å². The summed E-state index contributed by atoms with van der Waals surface area (Å²) >= 11 is 11.4. The molecule has 1 aromatic carbocycles. The predicted molar refractivity (Wildman–Crippen MR) is 60.4 cm³/mol. The van der Waals surface area contributed by atoms with Crippen LogP contribution in [0, 0.1) is 0 Å². The minimum atomic E-state index is -0.00424. The van der Waals surface area contributed by atoms with Gasteiger partial charge in [-0.25, -0.2) is 0 Å². The van der Waals surface area contributed by atoms with Crippen molar-refractivity contribution in [1.82, 2.24) is 0 Å². The predicted octanol–water partition coefficient (Wildman–Crippen LogP) is 3.20. The van der Waals surface area contributed by atoms with Crippen molar-refractivity contribution in [2.45, 2.75) is 4.21 Å². The van der Waals surface area contributed by atoms with E-state index in [1.54, 1.807) is 18.2 Å². The van der Waals surface area contributed by atoms with Crippen molar-refractivity contribution < 1.29 is 0 Å². The van der Waals surface area contributed by atoms with Crippen LogP contribution in [0.4, 0.5) is 0 Å². The summed E-state index contributed by atoms with van der Waals surface area (Å²) in [5.41, 5.74) is -0.00424. The number of rotatable bonds is 0. The van der Waals surface area contributed by atoms with Gasteiger partial charge in [0.1, 0.15) is 0 Å². The van der Waals surface area contributed by atoms with Gasteiger partial charge >= 0.3 is 0 Å². The van der Waals surface area contributed by atoms with Crippen LogP contribution in [0.1, 0.15) is 0 Å². The number of halogens is 1. The average Bonchev–Trinajstić information content (AvgIpc) is 2.02. The lowest BCUT2D eigenvalue weighted by Crippen LogP contribution is -1.97. The molecule has 1 aromatic heterocycles. The van der Waals surface area contributed by atoms with Gasteiger partial charge in [-0.3, -0.25) is 4.79 Å². The van der Waals surface area contributed by atoms with Crippen LogP contribution in [0.5, 0.6) is 0 Å². The molecule has 0 spiro atoms. The van der Waals surface area contributed by atoms with E-state index in [9.17, 15) is 4.79 Å². The summed E-state index contributed by atoms with van der Waals surface area (Å²) in [5.74, 6) is 0. The zero-order valence-corrected chi connectivity index (χ0v) is 8.92. The van der Waals surface area contributed by atoms with Crippen molar-refractivity contribution >= 4 is 45.7 Å². The first kappa shape index (κ1) is 9.06. The van der Waals surface area contributed by atoms with Crippen LogP contribution in [0.3, 0.4) is 0 Å². The van der Waals surface area contributed by atoms with E-state index in [1.165, 1.54) is 17.4 Å². The zero-order valence-electron chi connectivity index (χ0n) is 6.45. The molecule has 1 heterocycles. The van der Waals surface area contributed by atoms with Crippen LogP contribution in [-0.4, -0.2) is 0 Å². The van der Waals surface area contributed by atoms with Gasteiger partial charge in [0.2, 0.25) is 0 Å². The molecule has 2 aromatic rings. The van der Waals surface area contributed by atoms with Gasteiger partial charge in [0, 0.05) is 21.2 Å². The van der Waals surface area contributed by atoms with E-state index in [2.05, 4.69) is 12.6 Å². The quantitative estimate of drug-likeness (QED) is 0.686. The molecule has 0 bridgehead atoms. The Bertz CT molecular complexity index is 513. The lowest BCUT2D eigenvalue weighted by molar-refractivity contribution is 1.61. The number of hydrogen-bond donors (Lipinski definition) is 1. The lowest BCUT2D eigenvalue weighted by Gasteiger charge is -1.96. The van der Waals surface area contributed by atoms with Crippen molar-refractivity contribution in [3.05, 3.63) is 39.5 Å². The summed E-state index contributed by atoms with van der Waals surface area (Å²) in [6.45, 7) is 0. The standard InChI is InChI=1S/C9H5ClOS2/c10-5-1-2-6-7(11)4-9(12)13-8(6)3-5/h1-4,12H. The fourth-order valence-corrected chi connectivity index (χ4v) is 2.62. The third kappa shape index (κ3) is 1.73. The van der Waals surface area contributed by atoms with Gasteiger partial charge in [-0.2, -0.15) is 0 Å². The first-order valence-electron chi connectivity index (χ1n) is 3.59. The van der Waals surface area contributed by atoms with Crippen molar-refractivity contribution in [3.63, 3.8) is 0 Å². The van der Waals surface area contributed by atoms with E-state index in [1.807, 2.05) is 0 Å². The molecule has 66 valence electrons. The molecule has 0 saturated carbocycles. The monoisotopic (exact) mass is 228 g/mol. The highest BCUT2D eigenvalue weighted by Gasteiger charge is 2.00. The second-order valence-electron chi connectivity index (χ2n) is 2.59. The van der Waals surface area contributed by atoms with Gasteiger partial charge in [-0.1, -0.05) is 11.6 Å². The van der Waals surface area contributed by atoms with Gasteiger partial charge < -0.3 is 0 Å². The Hall–Kier alpha value is -0.510. The Labute approximate surface area is 89.4 Å². The molecule has 0 fully saturated rings. The maximum atomic E-state index is 11.4. The van der Waals surface area contributed by atoms with E-state index in [4.69, 9.17) is 11.6 Å². The summed E-state index contributed by atoms with van der Waals surface area (Å²) in [6.07, 6.45) is 0. The van der Waals surface area contributed by atoms with Gasteiger partial charge in [-0.15, -0.1) is 24.0 Å². The van der Waals surface area contributed by atoms with Crippen LogP contribution in [0.15, 0.2) is 33.3 Å². The fourth-order valence-electron chi connectivity index (χ4n) is 1.12. The summed E-state index contributed by atoms with van der Waals surface area (Å²) in [4.78, 5) is 11.4. The van der Waals surface area contributed by atoms with Gasteiger partial charge in [-0.05, 0) is 18.2 Å². The molecule has 0 aliphatic carbocycles. The SMILES string of the molecule is O=c1cc(S)sc2cc(Cl)ccc12. The minimum Gasteiger partial charge on any atom is -0.289 e. The maximum Gasteiger partial charge on any atom is 0.189 e. The highest BCUT2D eigenvalue weighted by molar-refractivity contribution is 7.83. The zero-order chi connectivity index (χ0) is 9.42. The second kappa shape index (κ2) is 3.33. The maximum absolute atomic E-state index is 11.4. The number of hydrogen-bond acceptors (Lipinski definition) is 3. The second-order valence-corrected chi connectivity index (χ2v) is 4.89. The van der Waals surface area contributed by atoms with E-state index < -0.39 is 0 Å². The summed E-state index contributed by atoms with van der Waals surface area (Å²) in [7, 11) is 0. The molecule has 0 amide bonds. The highest BCUT2D eigenvalue weighted by atomic mass is 35.5. The number of fused-ring (bicyclic) bond motifs is 1. The molecule has 0 atom stereocenters. The van der Waals surface area contributed by atoms with Crippen LogP contribution in [0.2, 0.25) is 5.02 Å². The van der Waals surface area contributed by atoms with Crippen molar-refractivity contribution in [1.29, 1.82) is 0 Å². The molecule has 0 aliphatic heterocycles.